The van der Waals surface area contributed by atoms with Gasteiger partial charge in [-0.15, -0.1) is 0 Å². The zero-order chi connectivity index (χ0) is 21.9. The molecule has 1 aliphatic rings. The van der Waals surface area contributed by atoms with Gasteiger partial charge in [-0.05, 0) is 18.3 Å². The molecule has 29 heavy (non-hydrogen) atoms. The van der Waals surface area contributed by atoms with Crippen LogP contribution >= 0.6 is 0 Å². The molecule has 1 atom stereocenters. The molecule has 0 spiro atoms. The van der Waals surface area contributed by atoms with Crippen LogP contribution in [0.1, 0.15) is 77.6 Å². The van der Waals surface area contributed by atoms with Crippen LogP contribution in [0.4, 0.5) is 0 Å². The van der Waals surface area contributed by atoms with Crippen LogP contribution in [0.25, 0.3) is 0 Å². The molecule has 0 heterocycles. The molecule has 1 amide bonds. The van der Waals surface area contributed by atoms with E-state index < -0.39 is 9.29 Å². The Morgan fingerprint density at radius 3 is 1.97 bits per heavy atom. The summed E-state index contributed by atoms with van der Waals surface area (Å²) in [4.78, 5) is 15.0. The minimum atomic E-state index is -0.414. The van der Waals surface area contributed by atoms with E-state index in [1.165, 1.54) is 57.8 Å². The van der Waals surface area contributed by atoms with E-state index in [1.807, 2.05) is 0 Å². The smallest absolute Gasteiger partial charge is 0.223 e. The molecular formula is C23H47N3O3. The van der Waals surface area contributed by atoms with Gasteiger partial charge in [0.15, 0.2) is 0 Å². The molecule has 0 bridgehead atoms. The Labute approximate surface area is 179 Å². The highest BCUT2D eigenvalue weighted by Gasteiger charge is 2.28. The largest absolute Gasteiger partial charge is 0.633 e. The van der Waals surface area contributed by atoms with Crippen LogP contribution in [0, 0.1) is 22.3 Å². The Bertz CT molecular complexity index is 433. The van der Waals surface area contributed by atoms with E-state index in [4.69, 9.17) is 0 Å². The molecule has 1 fully saturated rings. The highest BCUT2D eigenvalue weighted by Crippen LogP contribution is 2.35. The standard InChI is InChI=1S/C23H47N3O3/c1-6-7-8-10-15-22(21-13-11-9-12-14-21)20-23(27)24(16-18-25(2,3)28)17-19-26(4,5)29/h21-22H,6-20H2,1-5H3. The van der Waals surface area contributed by atoms with Gasteiger partial charge in [-0.2, -0.15) is 0 Å². The molecular weight excluding hydrogens is 366 g/mol. The second kappa shape index (κ2) is 12.9. The molecule has 0 aromatic rings. The van der Waals surface area contributed by atoms with E-state index in [9.17, 15) is 15.2 Å². The van der Waals surface area contributed by atoms with E-state index in [0.717, 1.165) is 6.42 Å². The van der Waals surface area contributed by atoms with Crippen molar-refractivity contribution in [1.82, 2.24) is 4.90 Å². The fourth-order valence-corrected chi connectivity index (χ4v) is 4.38. The summed E-state index contributed by atoms with van der Waals surface area (Å²) in [5.74, 6) is 1.25. The molecule has 1 saturated carbocycles. The first-order valence-corrected chi connectivity index (χ1v) is 11.9. The Morgan fingerprint density at radius 2 is 1.48 bits per heavy atom. The normalized spacial score (nSPS) is 17.3. The van der Waals surface area contributed by atoms with Crippen LogP contribution in [-0.4, -0.2) is 74.5 Å². The third-order valence-electron chi connectivity index (χ3n) is 6.35. The van der Waals surface area contributed by atoms with Crippen molar-refractivity contribution in [3.05, 3.63) is 10.4 Å². The number of carbonyl (C=O) groups is 1. The van der Waals surface area contributed by atoms with E-state index in [2.05, 4.69) is 6.92 Å². The minimum Gasteiger partial charge on any atom is -0.633 e. The lowest BCUT2D eigenvalue weighted by atomic mass is 9.76. The van der Waals surface area contributed by atoms with Crippen LogP contribution in [-0.2, 0) is 4.79 Å². The van der Waals surface area contributed by atoms with Crippen molar-refractivity contribution < 1.29 is 14.1 Å². The summed E-state index contributed by atoms with van der Waals surface area (Å²) >= 11 is 0. The highest BCUT2D eigenvalue weighted by molar-refractivity contribution is 5.76. The van der Waals surface area contributed by atoms with Gasteiger partial charge in [-0.1, -0.05) is 64.7 Å². The Balaban J connectivity index is 2.75. The summed E-state index contributed by atoms with van der Waals surface area (Å²) in [6.07, 6.45) is 13.1. The molecule has 0 radical (unpaired) electrons. The number of hydroxylamine groups is 6. The van der Waals surface area contributed by atoms with Gasteiger partial charge in [0, 0.05) is 6.42 Å². The van der Waals surface area contributed by atoms with E-state index >= 15 is 0 Å². The van der Waals surface area contributed by atoms with Crippen molar-refractivity contribution in [3.8, 4) is 0 Å². The van der Waals surface area contributed by atoms with Crippen molar-refractivity contribution in [2.45, 2.75) is 77.6 Å². The van der Waals surface area contributed by atoms with Gasteiger partial charge >= 0.3 is 0 Å². The second-order valence-corrected chi connectivity index (χ2v) is 10.2. The lowest BCUT2D eigenvalue weighted by Crippen LogP contribution is -2.47. The molecule has 0 N–H and O–H groups in total. The summed E-state index contributed by atoms with van der Waals surface area (Å²) in [7, 11) is 6.42. The first-order chi connectivity index (χ1) is 13.5. The molecule has 1 aliphatic carbocycles. The zero-order valence-corrected chi connectivity index (χ0v) is 19.8. The van der Waals surface area contributed by atoms with Crippen molar-refractivity contribution in [2.24, 2.45) is 11.8 Å². The van der Waals surface area contributed by atoms with Gasteiger partial charge in [-0.25, -0.2) is 0 Å². The molecule has 172 valence electrons. The second-order valence-electron chi connectivity index (χ2n) is 10.2. The van der Waals surface area contributed by atoms with Gasteiger partial charge < -0.3 is 24.6 Å². The Kier molecular flexibility index (Phi) is 11.7. The lowest BCUT2D eigenvalue weighted by Gasteiger charge is -2.39. The number of amides is 1. The maximum Gasteiger partial charge on any atom is 0.223 e. The predicted octanol–water partition coefficient (Wildman–Crippen LogP) is 4.52. The molecule has 0 aliphatic heterocycles. The Hall–Kier alpha value is -0.690. The predicted molar refractivity (Wildman–Crippen MR) is 121 cm³/mol. The molecule has 6 nitrogen and oxygen atoms in total. The van der Waals surface area contributed by atoms with E-state index in [1.54, 1.807) is 33.1 Å². The lowest BCUT2D eigenvalue weighted by molar-refractivity contribution is -0.842. The Morgan fingerprint density at radius 1 is 0.931 bits per heavy atom. The number of hydrogen-bond donors (Lipinski definition) is 0. The number of hydrogen-bond acceptors (Lipinski definition) is 3. The van der Waals surface area contributed by atoms with E-state index in [-0.39, 0.29) is 5.91 Å². The summed E-state index contributed by atoms with van der Waals surface area (Å²) in [5.41, 5.74) is 0. The minimum absolute atomic E-state index is 0.137. The first kappa shape index (κ1) is 26.3. The number of rotatable bonds is 14. The number of carbonyl (C=O) groups excluding carboxylic acids is 1. The summed E-state index contributed by atoms with van der Waals surface area (Å²) < 4.78 is -0.828. The molecule has 6 heteroatoms. The fourth-order valence-electron chi connectivity index (χ4n) is 4.38. The summed E-state index contributed by atoms with van der Waals surface area (Å²) in [5, 5.41) is 24.1. The highest BCUT2D eigenvalue weighted by atomic mass is 16.5. The molecule has 0 aromatic heterocycles. The third kappa shape index (κ3) is 12.6. The maximum absolute atomic E-state index is 13.2. The van der Waals surface area contributed by atoms with Gasteiger partial charge in [0.2, 0.25) is 5.91 Å². The summed E-state index contributed by atoms with van der Waals surface area (Å²) in [6, 6.07) is 0. The molecule has 0 aromatic carbocycles. The summed E-state index contributed by atoms with van der Waals surface area (Å²) in [6.45, 7) is 3.82. The topological polar surface area (TPSA) is 66.4 Å². The van der Waals surface area contributed by atoms with Gasteiger partial charge in [-0.3, -0.25) is 4.79 Å². The van der Waals surface area contributed by atoms with Gasteiger partial charge in [0.25, 0.3) is 0 Å². The SMILES string of the molecule is CCCCCCC(CC(=O)N(CC[N+](C)(C)[O-])CC[N+](C)(C)[O-])C1CCCCC1. The fraction of sp³-hybridized carbons (Fsp3) is 0.957. The molecule has 1 rings (SSSR count). The van der Waals surface area contributed by atoms with Crippen molar-refractivity contribution >= 4 is 5.91 Å². The van der Waals surface area contributed by atoms with E-state index in [0.29, 0.717) is 44.4 Å². The maximum atomic E-state index is 13.2. The number of unbranched alkanes of at least 4 members (excludes halogenated alkanes) is 3. The first-order valence-electron chi connectivity index (χ1n) is 11.9. The number of likely N-dealkylation sites (N-methyl/N-ethyl adjacent to an activating group) is 2. The molecule has 0 saturated heterocycles. The van der Waals surface area contributed by atoms with Crippen LogP contribution < -0.4 is 0 Å². The van der Waals surface area contributed by atoms with Crippen molar-refractivity contribution in [1.29, 1.82) is 0 Å². The molecule has 1 unspecified atom stereocenters. The number of nitrogens with zero attached hydrogens (tertiary/aromatic N) is 3. The van der Waals surface area contributed by atoms with Crippen molar-refractivity contribution in [2.75, 3.05) is 54.4 Å². The van der Waals surface area contributed by atoms with Crippen LogP contribution in [0.2, 0.25) is 0 Å². The van der Waals surface area contributed by atoms with Crippen LogP contribution in [0.3, 0.4) is 0 Å². The number of quaternary nitrogens is 2. The van der Waals surface area contributed by atoms with Crippen LogP contribution in [0.5, 0.6) is 0 Å². The zero-order valence-electron chi connectivity index (χ0n) is 19.8. The average molecular weight is 414 g/mol. The monoisotopic (exact) mass is 413 g/mol. The average Bonchev–Trinajstić information content (AvgIpc) is 2.63. The van der Waals surface area contributed by atoms with Crippen molar-refractivity contribution in [3.63, 3.8) is 0 Å². The van der Waals surface area contributed by atoms with Gasteiger partial charge in [0.05, 0.1) is 54.4 Å². The van der Waals surface area contributed by atoms with Gasteiger partial charge in [0.1, 0.15) is 0 Å². The van der Waals surface area contributed by atoms with Crippen LogP contribution in [0.15, 0.2) is 0 Å². The third-order valence-corrected chi connectivity index (χ3v) is 6.35. The quantitative estimate of drug-likeness (QED) is 0.239.